The topological polar surface area (TPSA) is 149 Å². The number of aromatic nitrogens is 1. The molecule has 0 fully saturated rings. The second kappa shape index (κ2) is 27.3. The zero-order valence-corrected chi connectivity index (χ0v) is 37.8. The van der Waals surface area contributed by atoms with Gasteiger partial charge in [-0.2, -0.15) is 13.2 Å². The van der Waals surface area contributed by atoms with Crippen molar-refractivity contribution < 1.29 is 51.3 Å². The molecule has 3 amide bonds. The number of benzene rings is 3. The van der Waals surface area contributed by atoms with Crippen LogP contribution in [0.15, 0.2) is 85.1 Å². The van der Waals surface area contributed by atoms with E-state index in [9.17, 15) is 32.3 Å². The minimum atomic E-state index is -4.34. The molecule has 13 nitrogen and oxygen atoms in total. The van der Waals surface area contributed by atoms with Crippen LogP contribution in [0.25, 0.3) is 11.3 Å². The monoisotopic (exact) mass is 881 g/mol. The molecule has 4 rings (SSSR count). The van der Waals surface area contributed by atoms with Crippen molar-refractivity contribution in [3.8, 4) is 11.3 Å². The average molecular weight is 882 g/mol. The van der Waals surface area contributed by atoms with Crippen molar-refractivity contribution in [2.75, 3.05) is 77.5 Å². The summed E-state index contributed by atoms with van der Waals surface area (Å²) in [7, 11) is 4.89. The molecule has 0 aliphatic rings. The number of esters is 1. The zero-order valence-electron chi connectivity index (χ0n) is 37.8. The summed E-state index contributed by atoms with van der Waals surface area (Å²) < 4.78 is 56.8. The first kappa shape index (κ1) is 53.3. The van der Waals surface area contributed by atoms with Gasteiger partial charge < -0.3 is 39.4 Å². The number of nitrogens with zero attached hydrogens (tertiary/aromatic N) is 3. The summed E-state index contributed by atoms with van der Waals surface area (Å²) in [6.07, 6.45) is -1.79. The maximum absolute atomic E-state index is 13.3. The number of nitrogens with one attached hydrogen (secondary N) is 2. The van der Waals surface area contributed by atoms with Crippen molar-refractivity contribution in [2.24, 2.45) is 0 Å². The number of rotatable bonds is 19. The summed E-state index contributed by atoms with van der Waals surface area (Å²) in [5.74, 6) is -0.683. The van der Waals surface area contributed by atoms with Gasteiger partial charge in [0.25, 0.3) is 11.8 Å². The van der Waals surface area contributed by atoms with E-state index in [1.165, 1.54) is 12.1 Å². The predicted octanol–water partition coefficient (Wildman–Crippen LogP) is 8.21. The van der Waals surface area contributed by atoms with Crippen LogP contribution in [0.5, 0.6) is 0 Å². The number of alkyl halides is 3. The highest BCUT2D eigenvalue weighted by Gasteiger charge is 2.30. The fourth-order valence-electron chi connectivity index (χ4n) is 5.67. The van der Waals surface area contributed by atoms with E-state index < -0.39 is 11.7 Å². The SMILES string of the molecule is CCN(CC)c1ccc(NC(=O)c2cccc(C(=O)N(C)CCOCCOC)c2)c(-c2cc(C)ccn2)c1.COCCC(=O)OC(C)(C)C.O=CNCc1cccc(C(F)(F)F)c1. The number of carbonyl (C=O) groups is 4. The molecule has 2 N–H and O–H groups in total. The van der Waals surface area contributed by atoms with Gasteiger partial charge in [0.1, 0.15) is 5.60 Å². The Labute approximate surface area is 369 Å². The van der Waals surface area contributed by atoms with Crippen LogP contribution < -0.4 is 15.5 Å². The molecule has 0 unspecified atom stereocenters. The molecule has 0 spiro atoms. The van der Waals surface area contributed by atoms with Crippen LogP contribution in [0.4, 0.5) is 24.5 Å². The summed E-state index contributed by atoms with van der Waals surface area (Å²) in [4.78, 5) is 55.5. The third kappa shape index (κ3) is 19.8. The summed E-state index contributed by atoms with van der Waals surface area (Å²) in [5.41, 5.74) is 4.60. The van der Waals surface area contributed by atoms with Crippen molar-refractivity contribution >= 4 is 35.6 Å². The van der Waals surface area contributed by atoms with Gasteiger partial charge in [0.05, 0.1) is 49.8 Å². The van der Waals surface area contributed by atoms with Crippen molar-refractivity contribution in [3.63, 3.8) is 0 Å². The standard InChI is InChI=1S/C30H38N4O4.C9H8F3NO.C8H16O3/c1-6-34(7-2)25-11-12-27(26(21-25)28-19-22(3)13-14-31-28)32-29(35)23-9-8-10-24(20-23)30(36)33(4)15-16-38-18-17-37-5;10-9(11,12)8-3-1-2-7(4-8)5-13-6-14;1-8(2,3)11-7(9)5-6-10-4/h8-14,19-21H,6-7,15-18H2,1-5H3,(H,32,35);1-4,6H,5H2,(H,13,14);5-6H2,1-4H3. The summed E-state index contributed by atoms with van der Waals surface area (Å²) >= 11 is 0. The Kier molecular flexibility index (Phi) is 23.1. The van der Waals surface area contributed by atoms with E-state index in [0.29, 0.717) is 68.2 Å². The van der Waals surface area contributed by atoms with Crippen molar-refractivity contribution in [3.05, 3.63) is 113 Å². The van der Waals surface area contributed by atoms with E-state index >= 15 is 0 Å². The number of ether oxygens (including phenoxy) is 4. The first-order chi connectivity index (χ1) is 29.9. The molecule has 0 atom stereocenters. The molecule has 3 aromatic carbocycles. The zero-order chi connectivity index (χ0) is 47.0. The normalized spacial score (nSPS) is 10.9. The van der Waals surface area contributed by atoms with Gasteiger partial charge in [0, 0.05) is 76.0 Å². The minimum absolute atomic E-state index is 0.105. The number of carbonyl (C=O) groups excluding carboxylic acids is 4. The van der Waals surface area contributed by atoms with Crippen molar-refractivity contribution in [1.82, 2.24) is 15.2 Å². The first-order valence-electron chi connectivity index (χ1n) is 20.5. The van der Waals surface area contributed by atoms with Crippen LogP contribution in [0, 0.1) is 6.92 Å². The van der Waals surface area contributed by atoms with Crippen LogP contribution in [0.1, 0.15) is 78.4 Å². The Bertz CT molecular complexity index is 2040. The fourth-order valence-corrected chi connectivity index (χ4v) is 5.67. The molecule has 16 heteroatoms. The molecule has 4 aromatic rings. The first-order valence-corrected chi connectivity index (χ1v) is 20.5. The minimum Gasteiger partial charge on any atom is -0.460 e. The Morgan fingerprint density at radius 2 is 1.51 bits per heavy atom. The average Bonchev–Trinajstić information content (AvgIpc) is 3.25. The molecule has 344 valence electrons. The number of pyridine rings is 1. The molecule has 0 bridgehead atoms. The highest BCUT2D eigenvalue weighted by molar-refractivity contribution is 6.08. The Morgan fingerprint density at radius 1 is 0.825 bits per heavy atom. The number of anilines is 2. The van der Waals surface area contributed by atoms with Crippen LogP contribution >= 0.6 is 0 Å². The highest BCUT2D eigenvalue weighted by atomic mass is 19.4. The highest BCUT2D eigenvalue weighted by Crippen LogP contribution is 2.32. The smallest absolute Gasteiger partial charge is 0.416 e. The largest absolute Gasteiger partial charge is 0.460 e. The molecule has 0 radical (unpaired) electrons. The summed E-state index contributed by atoms with van der Waals surface area (Å²) in [6.45, 7) is 15.9. The predicted molar refractivity (Wildman–Crippen MR) is 239 cm³/mol. The number of likely N-dealkylation sites (N-methyl/N-ethyl adjacent to an activating group) is 1. The van der Waals surface area contributed by atoms with Crippen LogP contribution in [-0.2, 0) is 41.3 Å². The molecule has 63 heavy (non-hydrogen) atoms. The maximum atomic E-state index is 13.3. The van der Waals surface area contributed by atoms with Gasteiger partial charge in [-0.3, -0.25) is 24.2 Å². The summed E-state index contributed by atoms with van der Waals surface area (Å²) in [6, 6.07) is 21.5. The summed E-state index contributed by atoms with van der Waals surface area (Å²) in [5, 5.41) is 5.34. The molecule has 0 saturated heterocycles. The second-order valence-electron chi connectivity index (χ2n) is 15.0. The van der Waals surface area contributed by atoms with E-state index in [0.717, 1.165) is 47.7 Å². The van der Waals surface area contributed by atoms with Gasteiger partial charge in [-0.05, 0) is 113 Å². The van der Waals surface area contributed by atoms with E-state index in [1.54, 1.807) is 56.6 Å². The number of halogens is 3. The van der Waals surface area contributed by atoms with Gasteiger partial charge in [0.15, 0.2) is 0 Å². The molecule has 1 heterocycles. The van der Waals surface area contributed by atoms with Crippen LogP contribution in [0.3, 0.4) is 0 Å². The van der Waals surface area contributed by atoms with Crippen LogP contribution in [0.2, 0.25) is 0 Å². The van der Waals surface area contributed by atoms with Gasteiger partial charge in [-0.25, -0.2) is 0 Å². The van der Waals surface area contributed by atoms with E-state index in [4.69, 9.17) is 18.9 Å². The van der Waals surface area contributed by atoms with Gasteiger partial charge in [-0.1, -0.05) is 18.2 Å². The molecule has 0 aliphatic heterocycles. The van der Waals surface area contributed by atoms with E-state index in [1.807, 2.05) is 52.0 Å². The number of hydrogen-bond acceptors (Lipinski definition) is 10. The number of aryl methyl sites for hydroxylation is 1. The lowest BCUT2D eigenvalue weighted by molar-refractivity contribution is -0.155. The Morgan fingerprint density at radius 3 is 2.13 bits per heavy atom. The molecular formula is C47H62F3N5O8. The van der Waals surface area contributed by atoms with Crippen LogP contribution in [-0.4, -0.2) is 107 Å². The van der Waals surface area contributed by atoms with Gasteiger partial charge >= 0.3 is 12.1 Å². The Hall–Kier alpha value is -5.84. The second-order valence-corrected chi connectivity index (χ2v) is 15.0. The van der Waals surface area contributed by atoms with Gasteiger partial charge in [0.2, 0.25) is 6.41 Å². The number of amides is 3. The van der Waals surface area contributed by atoms with E-state index in [2.05, 4.69) is 40.4 Å². The molecule has 1 aromatic heterocycles. The lowest BCUT2D eigenvalue weighted by Crippen LogP contribution is -2.30. The van der Waals surface area contributed by atoms with Gasteiger partial charge in [-0.15, -0.1) is 0 Å². The van der Waals surface area contributed by atoms with Crippen molar-refractivity contribution in [1.29, 1.82) is 0 Å². The number of hydrogen-bond donors (Lipinski definition) is 2. The van der Waals surface area contributed by atoms with E-state index in [-0.39, 0.29) is 29.9 Å². The number of methoxy groups -OCH3 is 2. The quantitative estimate of drug-likeness (QED) is 0.0537. The lowest BCUT2D eigenvalue weighted by Gasteiger charge is -2.23. The Balaban J connectivity index is 0.000000443. The van der Waals surface area contributed by atoms with Crippen molar-refractivity contribution in [2.45, 2.75) is 66.3 Å². The molecule has 0 aliphatic carbocycles. The fraction of sp³-hybridized carbons (Fsp3) is 0.426. The molecule has 0 saturated carbocycles. The third-order valence-electron chi connectivity index (χ3n) is 8.87. The maximum Gasteiger partial charge on any atom is 0.416 e. The molecular weight excluding hydrogens is 820 g/mol. The lowest BCUT2D eigenvalue weighted by atomic mass is 10.0. The third-order valence-corrected chi connectivity index (χ3v) is 8.87.